The Hall–Kier alpha value is -1.54. The highest BCUT2D eigenvalue weighted by Crippen LogP contribution is 2.04. The number of rotatable bonds is 1. The zero-order valence-corrected chi connectivity index (χ0v) is 5.40. The van der Waals surface area contributed by atoms with Crippen LogP contribution >= 0.6 is 0 Å². The Morgan fingerprint density at radius 3 is 3.00 bits per heavy atom. The SMILES string of the molecule is Cc1cc(N=C=O)ncn1. The van der Waals surface area contributed by atoms with Gasteiger partial charge in [-0.15, -0.1) is 4.99 Å². The third-order valence-electron chi connectivity index (χ3n) is 0.950. The summed E-state index contributed by atoms with van der Waals surface area (Å²) < 4.78 is 0. The molecule has 0 aliphatic carbocycles. The Balaban J connectivity index is 3.06. The van der Waals surface area contributed by atoms with E-state index in [1.807, 2.05) is 0 Å². The first-order chi connectivity index (χ1) is 4.83. The highest BCUT2D eigenvalue weighted by atomic mass is 16.1. The Morgan fingerprint density at radius 1 is 1.60 bits per heavy atom. The van der Waals surface area contributed by atoms with Crippen LogP contribution in [0, 0.1) is 6.92 Å². The van der Waals surface area contributed by atoms with Gasteiger partial charge in [0.15, 0.2) is 5.82 Å². The maximum absolute atomic E-state index is 9.73. The van der Waals surface area contributed by atoms with E-state index in [-0.39, 0.29) is 0 Å². The lowest BCUT2D eigenvalue weighted by Gasteiger charge is -1.88. The number of aliphatic imine (C=N–C) groups is 1. The van der Waals surface area contributed by atoms with E-state index in [0.717, 1.165) is 5.69 Å². The Labute approximate surface area is 57.7 Å². The summed E-state index contributed by atoms with van der Waals surface area (Å²) in [4.78, 5) is 20.6. The lowest BCUT2D eigenvalue weighted by atomic mass is 10.4. The van der Waals surface area contributed by atoms with Crippen LogP contribution in [0.15, 0.2) is 17.4 Å². The van der Waals surface area contributed by atoms with E-state index in [1.54, 1.807) is 13.0 Å². The minimum Gasteiger partial charge on any atom is -0.242 e. The number of isocyanates is 1. The summed E-state index contributed by atoms with van der Waals surface area (Å²) in [5.41, 5.74) is 0.781. The van der Waals surface area contributed by atoms with E-state index in [9.17, 15) is 4.79 Å². The van der Waals surface area contributed by atoms with Crippen LogP contribution in [0.5, 0.6) is 0 Å². The van der Waals surface area contributed by atoms with Crippen LogP contribution in [0.1, 0.15) is 5.69 Å². The fourth-order valence-corrected chi connectivity index (χ4v) is 0.548. The number of carbonyl (C=O) groups excluding carboxylic acids is 1. The van der Waals surface area contributed by atoms with Gasteiger partial charge in [0, 0.05) is 11.8 Å². The molecule has 4 nitrogen and oxygen atoms in total. The fourth-order valence-electron chi connectivity index (χ4n) is 0.548. The lowest BCUT2D eigenvalue weighted by molar-refractivity contribution is 0.565. The normalized spacial score (nSPS) is 8.50. The summed E-state index contributed by atoms with van der Waals surface area (Å²) in [7, 11) is 0. The smallest absolute Gasteiger partial charge is 0.242 e. The van der Waals surface area contributed by atoms with Gasteiger partial charge < -0.3 is 0 Å². The molecule has 1 rings (SSSR count). The molecule has 0 aliphatic rings. The average molecular weight is 135 g/mol. The van der Waals surface area contributed by atoms with Gasteiger partial charge in [-0.2, -0.15) is 0 Å². The van der Waals surface area contributed by atoms with Crippen LogP contribution in [-0.4, -0.2) is 16.0 Å². The molecular weight excluding hydrogens is 130 g/mol. The van der Waals surface area contributed by atoms with Crippen LogP contribution < -0.4 is 0 Å². The van der Waals surface area contributed by atoms with Gasteiger partial charge in [-0.1, -0.05) is 0 Å². The van der Waals surface area contributed by atoms with Gasteiger partial charge in [0.25, 0.3) is 0 Å². The molecule has 0 bridgehead atoms. The Bertz CT molecular complexity index is 278. The topological polar surface area (TPSA) is 55.2 Å². The zero-order chi connectivity index (χ0) is 7.40. The molecule has 10 heavy (non-hydrogen) atoms. The summed E-state index contributed by atoms with van der Waals surface area (Å²) >= 11 is 0. The second-order valence-corrected chi connectivity index (χ2v) is 1.72. The lowest BCUT2D eigenvalue weighted by Crippen LogP contribution is -1.80. The predicted molar refractivity (Wildman–Crippen MR) is 34.6 cm³/mol. The Morgan fingerprint density at radius 2 is 2.40 bits per heavy atom. The van der Waals surface area contributed by atoms with Gasteiger partial charge >= 0.3 is 0 Å². The molecule has 4 heteroatoms. The van der Waals surface area contributed by atoms with E-state index in [2.05, 4.69) is 15.0 Å². The summed E-state index contributed by atoms with van der Waals surface area (Å²) in [5, 5.41) is 0. The molecule has 0 spiro atoms. The number of nitrogens with zero attached hydrogens (tertiary/aromatic N) is 3. The quantitative estimate of drug-likeness (QED) is 0.421. The molecule has 0 aliphatic heterocycles. The molecule has 0 saturated heterocycles. The highest BCUT2D eigenvalue weighted by molar-refractivity contribution is 5.43. The van der Waals surface area contributed by atoms with Crippen LogP contribution in [0.25, 0.3) is 0 Å². The van der Waals surface area contributed by atoms with Crippen LogP contribution in [0.2, 0.25) is 0 Å². The van der Waals surface area contributed by atoms with Crippen LogP contribution in [-0.2, 0) is 4.79 Å². The molecule has 1 aromatic heterocycles. The summed E-state index contributed by atoms with van der Waals surface area (Å²) in [6.07, 6.45) is 2.75. The second-order valence-electron chi connectivity index (χ2n) is 1.72. The molecule has 0 atom stereocenters. The molecule has 0 radical (unpaired) electrons. The van der Waals surface area contributed by atoms with Gasteiger partial charge in [-0.05, 0) is 6.92 Å². The average Bonchev–Trinajstić information content (AvgIpc) is 1.88. The van der Waals surface area contributed by atoms with Crippen molar-refractivity contribution in [3.8, 4) is 0 Å². The summed E-state index contributed by atoms with van der Waals surface area (Å²) in [6, 6.07) is 1.60. The van der Waals surface area contributed by atoms with E-state index >= 15 is 0 Å². The molecule has 0 amide bonds. The number of hydrogen-bond donors (Lipinski definition) is 0. The van der Waals surface area contributed by atoms with E-state index in [4.69, 9.17) is 0 Å². The predicted octanol–water partition coefficient (Wildman–Crippen LogP) is 0.752. The van der Waals surface area contributed by atoms with Gasteiger partial charge in [0.2, 0.25) is 6.08 Å². The van der Waals surface area contributed by atoms with Gasteiger partial charge in [0.1, 0.15) is 6.33 Å². The van der Waals surface area contributed by atoms with Gasteiger partial charge in [0.05, 0.1) is 0 Å². The van der Waals surface area contributed by atoms with Gasteiger partial charge in [-0.3, -0.25) is 0 Å². The third kappa shape index (κ3) is 1.47. The van der Waals surface area contributed by atoms with Crippen molar-refractivity contribution in [1.29, 1.82) is 0 Å². The molecule has 1 aromatic rings. The molecule has 0 fully saturated rings. The molecule has 0 N–H and O–H groups in total. The standard InChI is InChI=1S/C6H5N3O/c1-5-2-6(9-4-10)8-3-7-5/h2-3H,1H3. The molecule has 0 saturated carbocycles. The fraction of sp³-hybridized carbons (Fsp3) is 0.167. The monoisotopic (exact) mass is 135 g/mol. The maximum atomic E-state index is 9.73. The number of aryl methyl sites for hydroxylation is 1. The third-order valence-corrected chi connectivity index (χ3v) is 0.950. The van der Waals surface area contributed by atoms with Crippen molar-refractivity contribution in [3.05, 3.63) is 18.1 Å². The van der Waals surface area contributed by atoms with E-state index in [1.165, 1.54) is 12.4 Å². The van der Waals surface area contributed by atoms with E-state index < -0.39 is 0 Å². The minimum absolute atomic E-state index is 0.350. The molecule has 1 heterocycles. The largest absolute Gasteiger partial charge is 0.242 e. The van der Waals surface area contributed by atoms with Gasteiger partial charge in [-0.25, -0.2) is 14.8 Å². The Kier molecular flexibility index (Phi) is 1.87. The summed E-state index contributed by atoms with van der Waals surface area (Å²) in [5.74, 6) is 0.350. The molecule has 50 valence electrons. The maximum Gasteiger partial charge on any atom is 0.242 e. The van der Waals surface area contributed by atoms with Crippen molar-refractivity contribution in [3.63, 3.8) is 0 Å². The van der Waals surface area contributed by atoms with Crippen molar-refractivity contribution in [1.82, 2.24) is 9.97 Å². The van der Waals surface area contributed by atoms with Crippen LogP contribution in [0.4, 0.5) is 5.82 Å². The van der Waals surface area contributed by atoms with Crippen molar-refractivity contribution >= 4 is 11.9 Å². The first-order valence-corrected chi connectivity index (χ1v) is 2.69. The van der Waals surface area contributed by atoms with Crippen molar-refractivity contribution < 1.29 is 4.79 Å². The van der Waals surface area contributed by atoms with Crippen molar-refractivity contribution in [2.45, 2.75) is 6.92 Å². The minimum atomic E-state index is 0.350. The number of hydrogen-bond acceptors (Lipinski definition) is 4. The first-order valence-electron chi connectivity index (χ1n) is 2.69. The van der Waals surface area contributed by atoms with Crippen LogP contribution in [0.3, 0.4) is 0 Å². The molecule has 0 aromatic carbocycles. The number of aromatic nitrogens is 2. The zero-order valence-electron chi connectivity index (χ0n) is 5.40. The second kappa shape index (κ2) is 2.85. The summed E-state index contributed by atoms with van der Waals surface area (Å²) in [6.45, 7) is 1.80. The molecule has 0 unspecified atom stereocenters. The van der Waals surface area contributed by atoms with E-state index in [0.29, 0.717) is 5.82 Å². The highest BCUT2D eigenvalue weighted by Gasteiger charge is 1.89. The first kappa shape index (κ1) is 6.58. The van der Waals surface area contributed by atoms with Crippen molar-refractivity contribution in [2.75, 3.05) is 0 Å². The molecular formula is C6H5N3O. The van der Waals surface area contributed by atoms with Crippen molar-refractivity contribution in [2.24, 2.45) is 4.99 Å².